The Kier molecular flexibility index (Phi) is 7.00. The van der Waals surface area contributed by atoms with Gasteiger partial charge in [-0.25, -0.2) is 4.79 Å². The van der Waals surface area contributed by atoms with Crippen LogP contribution in [0.5, 0.6) is 0 Å². The Morgan fingerprint density at radius 1 is 1.15 bits per heavy atom. The molecule has 0 aromatic rings. The topological polar surface area (TPSA) is 108 Å². The average Bonchev–Trinajstić information content (AvgIpc) is 2.39. The van der Waals surface area contributed by atoms with E-state index >= 15 is 0 Å². The highest BCUT2D eigenvalue weighted by Gasteiger charge is 2.25. The molecule has 1 aliphatic carbocycles. The van der Waals surface area contributed by atoms with Gasteiger partial charge in [-0.15, -0.1) is 0 Å². The van der Waals surface area contributed by atoms with Crippen LogP contribution in [0.3, 0.4) is 0 Å². The molecule has 1 saturated carbocycles. The number of carboxylic acid groups (broad SMARTS) is 1. The Morgan fingerprint density at radius 2 is 1.80 bits per heavy atom. The van der Waals surface area contributed by atoms with Gasteiger partial charge in [-0.2, -0.15) is 0 Å². The van der Waals surface area contributed by atoms with Gasteiger partial charge < -0.3 is 15.7 Å². The molecule has 7 heteroatoms. The Balaban J connectivity index is 2.11. The van der Waals surface area contributed by atoms with Gasteiger partial charge in [0.1, 0.15) is 0 Å². The fourth-order valence-electron chi connectivity index (χ4n) is 2.38. The van der Waals surface area contributed by atoms with E-state index in [2.05, 4.69) is 16.0 Å². The van der Waals surface area contributed by atoms with Crippen LogP contribution in [0.25, 0.3) is 0 Å². The first-order valence-corrected chi connectivity index (χ1v) is 7.04. The molecule has 0 aromatic carbocycles. The van der Waals surface area contributed by atoms with E-state index in [4.69, 9.17) is 5.11 Å². The number of imide groups is 1. The molecule has 114 valence electrons. The van der Waals surface area contributed by atoms with Crippen molar-refractivity contribution in [3.8, 4) is 0 Å². The fraction of sp³-hybridized carbons (Fsp3) is 0.769. The Morgan fingerprint density at radius 3 is 2.35 bits per heavy atom. The molecule has 0 atom stereocenters. The lowest BCUT2D eigenvalue weighted by atomic mass is 9.82. The van der Waals surface area contributed by atoms with E-state index in [9.17, 15) is 14.4 Å². The normalized spacial score (nSPS) is 22.1. The van der Waals surface area contributed by atoms with Gasteiger partial charge in [-0.3, -0.25) is 14.9 Å². The largest absolute Gasteiger partial charge is 0.481 e. The van der Waals surface area contributed by atoms with Crippen molar-refractivity contribution in [3.05, 3.63) is 0 Å². The second-order valence-electron chi connectivity index (χ2n) is 5.09. The minimum atomic E-state index is -0.710. The summed E-state index contributed by atoms with van der Waals surface area (Å²) in [5.41, 5.74) is 0. The van der Waals surface area contributed by atoms with Crippen LogP contribution < -0.4 is 16.0 Å². The summed E-state index contributed by atoms with van der Waals surface area (Å²) >= 11 is 0. The molecule has 0 bridgehead atoms. The zero-order chi connectivity index (χ0) is 15.0. The third-order valence-electron chi connectivity index (χ3n) is 3.50. The molecular weight excluding hydrogens is 262 g/mol. The molecule has 3 amide bonds. The molecule has 0 aromatic heterocycles. The number of rotatable bonds is 6. The van der Waals surface area contributed by atoms with Gasteiger partial charge in [0.25, 0.3) is 0 Å². The van der Waals surface area contributed by atoms with Crippen molar-refractivity contribution in [1.29, 1.82) is 0 Å². The van der Waals surface area contributed by atoms with E-state index in [1.807, 2.05) is 0 Å². The average molecular weight is 285 g/mol. The highest BCUT2D eigenvalue weighted by Crippen LogP contribution is 2.28. The Labute approximate surface area is 118 Å². The molecule has 1 rings (SSSR count). The predicted octanol–water partition coefficient (Wildman–Crippen LogP) is 0.313. The van der Waals surface area contributed by atoms with E-state index < -0.39 is 12.0 Å². The highest BCUT2D eigenvalue weighted by molar-refractivity contribution is 5.95. The van der Waals surface area contributed by atoms with Gasteiger partial charge in [0.2, 0.25) is 5.91 Å². The minimum Gasteiger partial charge on any atom is -0.481 e. The molecule has 0 unspecified atom stereocenters. The first-order valence-electron chi connectivity index (χ1n) is 7.04. The van der Waals surface area contributed by atoms with Crippen molar-refractivity contribution in [2.45, 2.75) is 32.6 Å². The maximum Gasteiger partial charge on any atom is 0.321 e. The summed E-state index contributed by atoms with van der Waals surface area (Å²) in [6, 6.07) is -0.485. The van der Waals surface area contributed by atoms with Crippen LogP contribution in [0.2, 0.25) is 0 Å². The summed E-state index contributed by atoms with van der Waals surface area (Å²) in [5, 5.41) is 16.6. The molecule has 1 fully saturated rings. The summed E-state index contributed by atoms with van der Waals surface area (Å²) in [6.45, 7) is 3.01. The standard InChI is InChI=1S/C13H23N3O4/c1-2-15-13(20)16-11(17)8-14-7-9-3-5-10(6-4-9)12(18)19/h9-10,14H,2-8H2,1H3,(H,18,19)(H2,15,16,17,20). The first kappa shape index (κ1) is 16.4. The van der Waals surface area contributed by atoms with Crippen molar-refractivity contribution >= 4 is 17.9 Å². The van der Waals surface area contributed by atoms with Crippen molar-refractivity contribution in [2.75, 3.05) is 19.6 Å². The SMILES string of the molecule is CCNC(=O)NC(=O)CNCC1CCC(C(=O)O)CC1. The number of hydrogen-bond acceptors (Lipinski definition) is 4. The molecule has 0 saturated heterocycles. The number of aliphatic carboxylic acids is 1. The molecule has 7 nitrogen and oxygen atoms in total. The van der Waals surface area contributed by atoms with E-state index in [0.717, 1.165) is 12.8 Å². The molecule has 0 spiro atoms. The monoisotopic (exact) mass is 285 g/mol. The minimum absolute atomic E-state index is 0.0932. The fourth-order valence-corrected chi connectivity index (χ4v) is 2.38. The maximum absolute atomic E-state index is 11.4. The second-order valence-corrected chi connectivity index (χ2v) is 5.09. The third-order valence-corrected chi connectivity index (χ3v) is 3.50. The lowest BCUT2D eigenvalue weighted by molar-refractivity contribution is -0.143. The number of urea groups is 1. The number of carbonyl (C=O) groups is 3. The van der Waals surface area contributed by atoms with Gasteiger partial charge in [-0.1, -0.05) is 0 Å². The van der Waals surface area contributed by atoms with Crippen LogP contribution in [0, 0.1) is 11.8 Å². The Bertz CT molecular complexity index is 352. The van der Waals surface area contributed by atoms with Crippen LogP contribution in [-0.2, 0) is 9.59 Å². The summed E-state index contributed by atoms with van der Waals surface area (Å²) in [6.07, 6.45) is 3.13. The maximum atomic E-state index is 11.4. The first-order chi connectivity index (χ1) is 9.52. The van der Waals surface area contributed by atoms with Gasteiger partial charge in [0.15, 0.2) is 0 Å². The quantitative estimate of drug-likeness (QED) is 0.562. The summed E-state index contributed by atoms with van der Waals surface area (Å²) in [7, 11) is 0. The van der Waals surface area contributed by atoms with Crippen LogP contribution in [0.4, 0.5) is 4.79 Å². The summed E-state index contributed by atoms with van der Waals surface area (Å²) < 4.78 is 0. The van der Waals surface area contributed by atoms with Crippen LogP contribution >= 0.6 is 0 Å². The number of carboxylic acids is 1. The molecular formula is C13H23N3O4. The van der Waals surface area contributed by atoms with E-state index in [1.54, 1.807) is 6.92 Å². The van der Waals surface area contributed by atoms with Crippen molar-refractivity contribution in [2.24, 2.45) is 11.8 Å². The summed E-state index contributed by atoms with van der Waals surface area (Å²) in [5.74, 6) is -0.886. The number of carbonyl (C=O) groups excluding carboxylic acids is 2. The third kappa shape index (κ3) is 6.01. The van der Waals surface area contributed by atoms with E-state index in [0.29, 0.717) is 31.8 Å². The van der Waals surface area contributed by atoms with E-state index in [1.165, 1.54) is 0 Å². The van der Waals surface area contributed by atoms with Gasteiger partial charge in [0, 0.05) is 6.54 Å². The van der Waals surface area contributed by atoms with E-state index in [-0.39, 0.29) is 18.4 Å². The van der Waals surface area contributed by atoms with Crippen molar-refractivity contribution in [1.82, 2.24) is 16.0 Å². The molecule has 20 heavy (non-hydrogen) atoms. The molecule has 0 heterocycles. The molecule has 0 aliphatic heterocycles. The summed E-state index contributed by atoms with van der Waals surface area (Å²) in [4.78, 5) is 33.3. The van der Waals surface area contributed by atoms with Gasteiger partial charge >= 0.3 is 12.0 Å². The van der Waals surface area contributed by atoms with Crippen molar-refractivity contribution < 1.29 is 19.5 Å². The molecule has 0 radical (unpaired) electrons. The zero-order valence-electron chi connectivity index (χ0n) is 11.8. The van der Waals surface area contributed by atoms with Gasteiger partial charge in [0.05, 0.1) is 12.5 Å². The number of amides is 3. The lowest BCUT2D eigenvalue weighted by Gasteiger charge is -2.26. The molecule has 4 N–H and O–H groups in total. The lowest BCUT2D eigenvalue weighted by Crippen LogP contribution is -2.44. The van der Waals surface area contributed by atoms with Crippen LogP contribution in [0.1, 0.15) is 32.6 Å². The second kappa shape index (κ2) is 8.52. The number of hydrogen-bond donors (Lipinski definition) is 4. The van der Waals surface area contributed by atoms with Gasteiger partial charge in [-0.05, 0) is 45.1 Å². The van der Waals surface area contributed by atoms with Crippen LogP contribution in [-0.4, -0.2) is 42.6 Å². The zero-order valence-corrected chi connectivity index (χ0v) is 11.8. The highest BCUT2D eigenvalue weighted by atomic mass is 16.4. The predicted molar refractivity (Wildman–Crippen MR) is 73.2 cm³/mol. The Hall–Kier alpha value is -1.63. The smallest absolute Gasteiger partial charge is 0.321 e. The molecule has 1 aliphatic rings. The number of nitrogens with one attached hydrogen (secondary N) is 3. The van der Waals surface area contributed by atoms with Crippen LogP contribution in [0.15, 0.2) is 0 Å². The van der Waals surface area contributed by atoms with Crippen molar-refractivity contribution in [3.63, 3.8) is 0 Å².